The van der Waals surface area contributed by atoms with Crippen molar-refractivity contribution in [1.29, 1.82) is 0 Å². The predicted molar refractivity (Wildman–Crippen MR) is 83.3 cm³/mol. The first-order valence-corrected chi connectivity index (χ1v) is 7.95. The molecule has 2 aromatic rings. The molecular weight excluding hydrogens is 325 g/mol. The standard InChI is InChI=1S/C15H17BrFNS/c1-3-10-7-8-11(19-10)9-14(18-2)15-12(16)5-4-6-13(15)17/h4-8,14,18H,3,9H2,1-2H3. The molecule has 2 rings (SSSR count). The molecule has 0 fully saturated rings. The van der Waals surface area contributed by atoms with Crippen LogP contribution in [0.1, 0.15) is 28.3 Å². The molecule has 0 amide bonds. The molecule has 0 aliphatic carbocycles. The fourth-order valence-corrected chi connectivity index (χ4v) is 3.74. The molecule has 1 aromatic carbocycles. The lowest BCUT2D eigenvalue weighted by Gasteiger charge is -2.18. The van der Waals surface area contributed by atoms with Crippen LogP contribution in [-0.4, -0.2) is 7.05 Å². The Balaban J connectivity index is 2.25. The fraction of sp³-hybridized carbons (Fsp3) is 0.333. The number of benzene rings is 1. The summed E-state index contributed by atoms with van der Waals surface area (Å²) in [5, 5.41) is 3.21. The molecule has 0 saturated heterocycles. The summed E-state index contributed by atoms with van der Waals surface area (Å²) in [6.07, 6.45) is 1.86. The monoisotopic (exact) mass is 341 g/mol. The van der Waals surface area contributed by atoms with Gasteiger partial charge >= 0.3 is 0 Å². The molecule has 1 aromatic heterocycles. The summed E-state index contributed by atoms with van der Waals surface area (Å²) in [4.78, 5) is 2.66. The van der Waals surface area contributed by atoms with Gasteiger partial charge in [-0.15, -0.1) is 11.3 Å². The number of rotatable bonds is 5. The van der Waals surface area contributed by atoms with E-state index in [-0.39, 0.29) is 11.9 Å². The van der Waals surface area contributed by atoms with E-state index in [4.69, 9.17) is 0 Å². The van der Waals surface area contributed by atoms with Crippen molar-refractivity contribution in [2.45, 2.75) is 25.8 Å². The molecule has 1 nitrogen and oxygen atoms in total. The van der Waals surface area contributed by atoms with Gasteiger partial charge < -0.3 is 5.32 Å². The van der Waals surface area contributed by atoms with E-state index in [0.717, 1.165) is 17.3 Å². The third-order valence-electron chi connectivity index (χ3n) is 3.17. The molecule has 0 saturated carbocycles. The molecule has 1 heterocycles. The van der Waals surface area contributed by atoms with Gasteiger partial charge in [0.2, 0.25) is 0 Å². The molecule has 0 radical (unpaired) electrons. The molecule has 0 spiro atoms. The first-order valence-electron chi connectivity index (χ1n) is 6.34. The van der Waals surface area contributed by atoms with Crippen LogP contribution in [0.15, 0.2) is 34.8 Å². The molecule has 0 aliphatic heterocycles. The highest BCUT2D eigenvalue weighted by atomic mass is 79.9. The van der Waals surface area contributed by atoms with E-state index in [0.29, 0.717) is 5.56 Å². The Morgan fingerprint density at radius 3 is 2.58 bits per heavy atom. The number of halogens is 2. The van der Waals surface area contributed by atoms with Gasteiger partial charge in [0.1, 0.15) is 5.82 Å². The van der Waals surface area contributed by atoms with Crippen LogP contribution in [-0.2, 0) is 12.8 Å². The normalized spacial score (nSPS) is 12.6. The topological polar surface area (TPSA) is 12.0 Å². The number of nitrogens with one attached hydrogen (secondary N) is 1. The fourth-order valence-electron chi connectivity index (χ4n) is 2.12. The zero-order valence-electron chi connectivity index (χ0n) is 11.0. The van der Waals surface area contributed by atoms with Crippen molar-refractivity contribution in [2.24, 2.45) is 0 Å². The Morgan fingerprint density at radius 2 is 2.00 bits per heavy atom. The largest absolute Gasteiger partial charge is 0.313 e. The van der Waals surface area contributed by atoms with E-state index in [9.17, 15) is 4.39 Å². The van der Waals surface area contributed by atoms with Crippen LogP contribution in [0.5, 0.6) is 0 Å². The molecule has 4 heteroatoms. The minimum Gasteiger partial charge on any atom is -0.313 e. The Kier molecular flexibility index (Phi) is 5.13. The quantitative estimate of drug-likeness (QED) is 0.829. The molecule has 1 N–H and O–H groups in total. The van der Waals surface area contributed by atoms with Crippen molar-refractivity contribution in [1.82, 2.24) is 5.32 Å². The maximum atomic E-state index is 14.0. The van der Waals surface area contributed by atoms with Crippen molar-refractivity contribution in [2.75, 3.05) is 7.05 Å². The van der Waals surface area contributed by atoms with Gasteiger partial charge in [-0.05, 0) is 37.7 Å². The van der Waals surface area contributed by atoms with E-state index in [2.05, 4.69) is 40.3 Å². The minimum atomic E-state index is -0.166. The zero-order chi connectivity index (χ0) is 13.8. The van der Waals surface area contributed by atoms with Crippen molar-refractivity contribution in [3.8, 4) is 0 Å². The molecule has 0 aliphatic rings. The van der Waals surface area contributed by atoms with Gasteiger partial charge in [0, 0.05) is 32.3 Å². The molecule has 0 bridgehead atoms. The first kappa shape index (κ1) is 14.7. The van der Waals surface area contributed by atoms with Crippen LogP contribution in [0.25, 0.3) is 0 Å². The average Bonchev–Trinajstić information content (AvgIpc) is 2.85. The number of likely N-dealkylation sites (N-methyl/N-ethyl adjacent to an activating group) is 1. The van der Waals surface area contributed by atoms with Gasteiger partial charge in [-0.25, -0.2) is 4.39 Å². The van der Waals surface area contributed by atoms with Gasteiger partial charge in [0.15, 0.2) is 0 Å². The van der Waals surface area contributed by atoms with Gasteiger partial charge in [-0.2, -0.15) is 0 Å². The number of hydrogen-bond acceptors (Lipinski definition) is 2. The molecule has 19 heavy (non-hydrogen) atoms. The summed E-state index contributed by atoms with van der Waals surface area (Å²) < 4.78 is 14.8. The van der Waals surface area contributed by atoms with Crippen LogP contribution < -0.4 is 5.32 Å². The second-order valence-electron chi connectivity index (χ2n) is 4.40. The maximum absolute atomic E-state index is 14.0. The lowest BCUT2D eigenvalue weighted by atomic mass is 10.0. The summed E-state index contributed by atoms with van der Waals surface area (Å²) in [5.41, 5.74) is 0.705. The summed E-state index contributed by atoms with van der Waals surface area (Å²) >= 11 is 5.25. The van der Waals surface area contributed by atoms with Crippen LogP contribution in [0, 0.1) is 5.82 Å². The summed E-state index contributed by atoms with van der Waals surface area (Å²) in [6.45, 7) is 2.15. The SMILES string of the molecule is CCc1ccc(CC(NC)c2c(F)cccc2Br)s1. The number of hydrogen-bond donors (Lipinski definition) is 1. The van der Waals surface area contributed by atoms with Crippen molar-refractivity contribution >= 4 is 27.3 Å². The molecule has 1 atom stereocenters. The summed E-state index contributed by atoms with van der Waals surface area (Å²) in [5.74, 6) is -0.166. The van der Waals surface area contributed by atoms with Crippen molar-refractivity contribution < 1.29 is 4.39 Å². The second-order valence-corrected chi connectivity index (χ2v) is 6.51. The van der Waals surface area contributed by atoms with E-state index in [1.807, 2.05) is 13.1 Å². The average molecular weight is 342 g/mol. The lowest BCUT2D eigenvalue weighted by Crippen LogP contribution is -2.20. The van der Waals surface area contributed by atoms with Crippen molar-refractivity contribution in [3.63, 3.8) is 0 Å². The molecular formula is C15H17BrFNS. The van der Waals surface area contributed by atoms with Gasteiger partial charge in [0.25, 0.3) is 0 Å². The maximum Gasteiger partial charge on any atom is 0.129 e. The zero-order valence-corrected chi connectivity index (χ0v) is 13.4. The van der Waals surface area contributed by atoms with Crippen LogP contribution in [0.4, 0.5) is 4.39 Å². The molecule has 102 valence electrons. The van der Waals surface area contributed by atoms with Crippen molar-refractivity contribution in [3.05, 3.63) is 55.9 Å². The van der Waals surface area contributed by atoms with E-state index >= 15 is 0 Å². The minimum absolute atomic E-state index is 0.0149. The molecule has 1 unspecified atom stereocenters. The third kappa shape index (κ3) is 3.44. The van der Waals surface area contributed by atoms with E-state index in [1.54, 1.807) is 17.4 Å². The van der Waals surface area contributed by atoms with E-state index in [1.165, 1.54) is 15.8 Å². The smallest absolute Gasteiger partial charge is 0.129 e. The predicted octanol–water partition coefficient (Wildman–Crippen LogP) is 4.72. The summed E-state index contributed by atoms with van der Waals surface area (Å²) in [6, 6.07) is 9.39. The lowest BCUT2D eigenvalue weighted by molar-refractivity contribution is 0.534. The first-order chi connectivity index (χ1) is 9.15. The second kappa shape index (κ2) is 6.64. The van der Waals surface area contributed by atoms with Gasteiger partial charge in [0.05, 0.1) is 0 Å². The van der Waals surface area contributed by atoms with Gasteiger partial charge in [-0.3, -0.25) is 0 Å². The highest BCUT2D eigenvalue weighted by Gasteiger charge is 2.18. The van der Waals surface area contributed by atoms with Gasteiger partial charge in [-0.1, -0.05) is 28.9 Å². The van der Waals surface area contributed by atoms with Crippen LogP contribution in [0.3, 0.4) is 0 Å². The third-order valence-corrected chi connectivity index (χ3v) is 5.11. The van der Waals surface area contributed by atoms with Crippen LogP contribution >= 0.6 is 27.3 Å². The Labute approximate surface area is 126 Å². The van der Waals surface area contributed by atoms with E-state index < -0.39 is 0 Å². The Morgan fingerprint density at radius 1 is 1.26 bits per heavy atom. The number of thiophene rings is 1. The Bertz CT molecular complexity index is 533. The Hall–Kier alpha value is -0.710. The highest BCUT2D eigenvalue weighted by Crippen LogP contribution is 2.30. The summed E-state index contributed by atoms with van der Waals surface area (Å²) in [7, 11) is 1.87. The number of aryl methyl sites for hydroxylation is 1. The highest BCUT2D eigenvalue weighted by molar-refractivity contribution is 9.10. The van der Waals surface area contributed by atoms with Crippen LogP contribution in [0.2, 0.25) is 0 Å².